The molecular weight excluding hydrogens is 725 g/mol. The summed E-state index contributed by atoms with van der Waals surface area (Å²) < 4.78 is 2.46. The molecule has 0 bridgehead atoms. The van der Waals surface area contributed by atoms with E-state index in [0.29, 0.717) is 0 Å². The van der Waals surface area contributed by atoms with E-state index in [1.165, 1.54) is 92.9 Å². The van der Waals surface area contributed by atoms with E-state index < -0.39 is 5.41 Å². The van der Waals surface area contributed by atoms with Gasteiger partial charge < -0.3 is 4.57 Å². The smallest absolute Gasteiger partial charge is 0.0794 e. The van der Waals surface area contributed by atoms with Gasteiger partial charge in [-0.3, -0.25) is 0 Å². The van der Waals surface area contributed by atoms with Crippen LogP contribution in [0.15, 0.2) is 218 Å². The topological polar surface area (TPSA) is 17.8 Å². The van der Waals surface area contributed by atoms with Crippen LogP contribution in [-0.4, -0.2) is 9.55 Å². The van der Waals surface area contributed by atoms with Crippen molar-refractivity contribution in [3.05, 3.63) is 241 Å². The quantitative estimate of drug-likeness (QED) is 0.163. The van der Waals surface area contributed by atoms with Crippen LogP contribution < -0.4 is 0 Å². The average Bonchev–Trinajstić information content (AvgIpc) is 3.81. The SMILES string of the molecule is c1ccc(C2(c3ccccc3)c3ccccc3-c3cc4c(cc32)c2ccccc2n4-c2ccc(-c3nc4ccccc4c4c5ccccc5c5ccccc5c34)cc2)cc1. The van der Waals surface area contributed by atoms with Crippen LogP contribution in [0.4, 0.5) is 0 Å². The Kier molecular flexibility index (Phi) is 6.97. The van der Waals surface area contributed by atoms with Gasteiger partial charge in [0, 0.05) is 38.2 Å². The summed E-state index contributed by atoms with van der Waals surface area (Å²) in [6, 6.07) is 80.3. The molecule has 12 aromatic rings. The van der Waals surface area contributed by atoms with Crippen molar-refractivity contribution in [2.75, 3.05) is 0 Å². The molecule has 0 saturated heterocycles. The molecule has 0 amide bonds. The number of pyridine rings is 1. The Bertz CT molecular complexity index is 3650. The molecule has 1 aliphatic rings. The molecule has 278 valence electrons. The second-order valence-electron chi connectivity index (χ2n) is 16.2. The van der Waals surface area contributed by atoms with Crippen LogP contribution in [0.2, 0.25) is 0 Å². The molecule has 2 heteroatoms. The summed E-state index contributed by atoms with van der Waals surface area (Å²) >= 11 is 0. The number of aromatic nitrogens is 2. The fraction of sp³-hybridized carbons (Fsp3) is 0.0172. The third-order valence-corrected chi connectivity index (χ3v) is 13.2. The van der Waals surface area contributed by atoms with E-state index >= 15 is 0 Å². The molecule has 2 nitrogen and oxygen atoms in total. The van der Waals surface area contributed by atoms with Gasteiger partial charge in [-0.1, -0.05) is 182 Å². The Morgan fingerprint density at radius 1 is 0.350 bits per heavy atom. The molecule has 0 aliphatic heterocycles. The number of rotatable bonds is 4. The number of hydrogen-bond donors (Lipinski definition) is 0. The number of benzene rings is 10. The van der Waals surface area contributed by atoms with Gasteiger partial charge in [0.2, 0.25) is 0 Å². The van der Waals surface area contributed by atoms with E-state index in [0.717, 1.165) is 22.5 Å². The third-order valence-electron chi connectivity index (χ3n) is 13.2. The minimum Gasteiger partial charge on any atom is -0.309 e. The maximum atomic E-state index is 5.44. The minimum atomic E-state index is -0.460. The molecule has 0 unspecified atom stereocenters. The molecule has 0 N–H and O–H groups in total. The van der Waals surface area contributed by atoms with Gasteiger partial charge in [-0.2, -0.15) is 0 Å². The van der Waals surface area contributed by atoms with Crippen molar-refractivity contribution in [2.24, 2.45) is 0 Å². The Morgan fingerprint density at radius 2 is 0.900 bits per heavy atom. The van der Waals surface area contributed by atoms with Crippen molar-refractivity contribution in [3.63, 3.8) is 0 Å². The lowest BCUT2D eigenvalue weighted by molar-refractivity contribution is 0.769. The van der Waals surface area contributed by atoms with Gasteiger partial charge in [-0.05, 0) is 91.3 Å². The molecule has 2 heterocycles. The summed E-state index contributed by atoms with van der Waals surface area (Å²) in [4.78, 5) is 5.44. The molecular formula is C58H36N2. The van der Waals surface area contributed by atoms with E-state index in [4.69, 9.17) is 4.98 Å². The van der Waals surface area contributed by atoms with E-state index in [1.54, 1.807) is 0 Å². The van der Waals surface area contributed by atoms with Gasteiger partial charge >= 0.3 is 0 Å². The standard InChI is InChI=1S/C58H36N2/c1-3-17-38(18-4-1)58(39-19-5-2-6-20-39)50-28-14-11-23-43(50)48-36-54-49(35-51(48)58)44-24-13-16-30-53(44)60(54)40-33-31-37(32-34-40)57-56-46-26-10-8-22-42(46)41-21-7-9-25-45(41)55(56)47-27-12-15-29-52(47)59-57/h1-36H. The van der Waals surface area contributed by atoms with Crippen molar-refractivity contribution in [1.29, 1.82) is 0 Å². The second-order valence-corrected chi connectivity index (χ2v) is 16.2. The zero-order chi connectivity index (χ0) is 39.4. The monoisotopic (exact) mass is 760 g/mol. The molecule has 0 fully saturated rings. The van der Waals surface area contributed by atoms with Crippen molar-refractivity contribution in [2.45, 2.75) is 5.41 Å². The minimum absolute atomic E-state index is 0.460. The summed E-state index contributed by atoms with van der Waals surface area (Å²) in [5.74, 6) is 0. The molecule has 60 heavy (non-hydrogen) atoms. The van der Waals surface area contributed by atoms with Gasteiger partial charge in [0.15, 0.2) is 0 Å². The predicted molar refractivity (Wildman–Crippen MR) is 251 cm³/mol. The average molecular weight is 761 g/mol. The zero-order valence-electron chi connectivity index (χ0n) is 32.7. The molecule has 13 rings (SSSR count). The van der Waals surface area contributed by atoms with E-state index in [1.807, 2.05) is 0 Å². The van der Waals surface area contributed by atoms with Crippen LogP contribution >= 0.6 is 0 Å². The highest BCUT2D eigenvalue weighted by atomic mass is 15.0. The van der Waals surface area contributed by atoms with Crippen molar-refractivity contribution in [3.8, 4) is 28.1 Å². The molecule has 0 atom stereocenters. The summed E-state index contributed by atoms with van der Waals surface area (Å²) in [5, 5.41) is 11.1. The molecule has 2 aromatic heterocycles. The first-order valence-corrected chi connectivity index (χ1v) is 20.8. The highest BCUT2D eigenvalue weighted by molar-refractivity contribution is 6.33. The molecule has 0 radical (unpaired) electrons. The summed E-state index contributed by atoms with van der Waals surface area (Å²) in [7, 11) is 0. The van der Waals surface area contributed by atoms with Gasteiger partial charge in [0.1, 0.15) is 0 Å². The maximum absolute atomic E-state index is 5.44. The third kappa shape index (κ3) is 4.45. The maximum Gasteiger partial charge on any atom is 0.0794 e. The molecule has 0 spiro atoms. The van der Waals surface area contributed by atoms with Crippen LogP contribution in [0.5, 0.6) is 0 Å². The predicted octanol–water partition coefficient (Wildman–Crippen LogP) is 14.8. The van der Waals surface area contributed by atoms with Crippen LogP contribution in [0.3, 0.4) is 0 Å². The first-order valence-electron chi connectivity index (χ1n) is 20.8. The van der Waals surface area contributed by atoms with Crippen molar-refractivity contribution >= 4 is 65.0 Å². The van der Waals surface area contributed by atoms with Crippen LogP contribution in [0.1, 0.15) is 22.3 Å². The van der Waals surface area contributed by atoms with Crippen LogP contribution in [-0.2, 0) is 5.41 Å². The van der Waals surface area contributed by atoms with Crippen LogP contribution in [0.25, 0.3) is 93.1 Å². The van der Waals surface area contributed by atoms with E-state index in [9.17, 15) is 0 Å². The lowest BCUT2D eigenvalue weighted by Crippen LogP contribution is -2.28. The summed E-state index contributed by atoms with van der Waals surface area (Å²) in [5.41, 5.74) is 13.9. The largest absolute Gasteiger partial charge is 0.309 e. The Labute approximate surface area is 347 Å². The highest BCUT2D eigenvalue weighted by Gasteiger charge is 2.46. The Balaban J connectivity index is 1.06. The summed E-state index contributed by atoms with van der Waals surface area (Å²) in [6.07, 6.45) is 0. The highest BCUT2D eigenvalue weighted by Crippen LogP contribution is 2.57. The van der Waals surface area contributed by atoms with Crippen molar-refractivity contribution in [1.82, 2.24) is 9.55 Å². The van der Waals surface area contributed by atoms with Gasteiger partial charge in [-0.25, -0.2) is 4.98 Å². The lowest BCUT2D eigenvalue weighted by atomic mass is 9.67. The Hall–Kier alpha value is -7.81. The lowest BCUT2D eigenvalue weighted by Gasteiger charge is -2.33. The molecule has 10 aromatic carbocycles. The Morgan fingerprint density at radius 3 is 1.60 bits per heavy atom. The molecule has 1 aliphatic carbocycles. The number of hydrogen-bond acceptors (Lipinski definition) is 1. The normalized spacial score (nSPS) is 13.1. The fourth-order valence-electron chi connectivity index (χ4n) is 10.8. The second kappa shape index (κ2) is 12.6. The van der Waals surface area contributed by atoms with Gasteiger partial charge in [0.05, 0.1) is 27.7 Å². The molecule has 0 saturated carbocycles. The van der Waals surface area contributed by atoms with Gasteiger partial charge in [-0.15, -0.1) is 0 Å². The number of para-hydroxylation sites is 2. The van der Waals surface area contributed by atoms with Crippen molar-refractivity contribution < 1.29 is 0 Å². The first kappa shape index (κ1) is 33.2. The van der Waals surface area contributed by atoms with E-state index in [-0.39, 0.29) is 0 Å². The fourth-order valence-corrected chi connectivity index (χ4v) is 10.8. The van der Waals surface area contributed by atoms with Gasteiger partial charge in [0.25, 0.3) is 0 Å². The summed E-state index contributed by atoms with van der Waals surface area (Å²) in [6.45, 7) is 0. The van der Waals surface area contributed by atoms with Crippen LogP contribution in [0, 0.1) is 0 Å². The first-order chi connectivity index (χ1) is 29.8. The number of nitrogens with zero attached hydrogens (tertiary/aromatic N) is 2. The number of fused-ring (bicyclic) bond motifs is 14. The zero-order valence-corrected chi connectivity index (χ0v) is 32.7. The van der Waals surface area contributed by atoms with E-state index in [2.05, 4.69) is 223 Å².